The molecule has 1 aromatic rings. The molecule has 0 unspecified atom stereocenters. The number of ether oxygens (including phenoxy) is 2. The van der Waals surface area contributed by atoms with Crippen molar-refractivity contribution in [1.29, 1.82) is 0 Å². The lowest BCUT2D eigenvalue weighted by Crippen LogP contribution is -2.02. The molecule has 0 heterocycles. The molecule has 0 amide bonds. The van der Waals surface area contributed by atoms with Gasteiger partial charge in [0.2, 0.25) is 0 Å². The average molecular weight is 491 g/mol. The highest BCUT2D eigenvalue weighted by Gasteiger charge is 2.07. The maximum atomic E-state index is 5.99. The minimum Gasteiger partial charge on any atom is -0.493 e. The van der Waals surface area contributed by atoms with Gasteiger partial charge >= 0.3 is 0 Å². The molecule has 6 heteroatoms. The molecule has 0 aromatic heterocycles. The minimum absolute atomic E-state index is 0.512. The second kappa shape index (κ2) is 13.2. The van der Waals surface area contributed by atoms with Crippen LogP contribution in [-0.4, -0.2) is 25.5 Å². The van der Waals surface area contributed by atoms with E-state index in [2.05, 4.69) is 50.9 Å². The number of halogens is 2. The van der Waals surface area contributed by atoms with Gasteiger partial charge in [0.05, 0.1) is 15.7 Å². The zero-order valence-electron chi connectivity index (χ0n) is 16.1. The monoisotopic (exact) mass is 489 g/mol. The Morgan fingerprint density at radius 2 is 1.58 bits per heavy atom. The van der Waals surface area contributed by atoms with E-state index in [-0.39, 0.29) is 0 Å². The smallest absolute Gasteiger partial charge is 0.125 e. The first kappa shape index (κ1) is 23.0. The van der Waals surface area contributed by atoms with Crippen LogP contribution in [0.3, 0.4) is 0 Å². The Kier molecular flexibility index (Phi) is 11.7. The topological polar surface area (TPSA) is 40.0 Å². The van der Waals surface area contributed by atoms with Gasteiger partial charge in [-0.2, -0.15) is 0 Å². The summed E-state index contributed by atoms with van der Waals surface area (Å²) in [7, 11) is 0. The van der Waals surface area contributed by atoms with Gasteiger partial charge in [-0.1, -0.05) is 5.16 Å². The first-order chi connectivity index (χ1) is 12.4. The SMILES string of the molecule is CC(C)=NOCCCCCCOc1c(C)cc(OCC=C(Br)Br)cc1C. The molecule has 0 N–H and O–H groups in total. The summed E-state index contributed by atoms with van der Waals surface area (Å²) in [6, 6.07) is 4.04. The third-order valence-corrected chi connectivity index (χ3v) is 4.19. The highest BCUT2D eigenvalue weighted by Crippen LogP contribution is 2.29. The second-order valence-corrected chi connectivity index (χ2v) is 9.10. The van der Waals surface area contributed by atoms with Crippen LogP contribution in [-0.2, 0) is 4.84 Å². The molecule has 0 saturated heterocycles. The summed E-state index contributed by atoms with van der Waals surface area (Å²) in [6.45, 7) is 9.90. The van der Waals surface area contributed by atoms with Gasteiger partial charge < -0.3 is 14.3 Å². The van der Waals surface area contributed by atoms with E-state index in [4.69, 9.17) is 14.3 Å². The van der Waals surface area contributed by atoms with Crippen LogP contribution >= 0.6 is 31.9 Å². The van der Waals surface area contributed by atoms with Crippen molar-refractivity contribution < 1.29 is 14.3 Å². The summed E-state index contributed by atoms with van der Waals surface area (Å²) in [6.07, 6.45) is 6.24. The van der Waals surface area contributed by atoms with Crippen LogP contribution < -0.4 is 9.47 Å². The molecule has 0 saturated carbocycles. The number of benzene rings is 1. The van der Waals surface area contributed by atoms with E-state index in [1.807, 2.05) is 32.1 Å². The van der Waals surface area contributed by atoms with Gasteiger partial charge in [0.25, 0.3) is 0 Å². The molecule has 0 aliphatic rings. The number of rotatable bonds is 12. The molecule has 0 spiro atoms. The summed E-state index contributed by atoms with van der Waals surface area (Å²) in [5, 5.41) is 3.93. The van der Waals surface area contributed by atoms with E-state index in [9.17, 15) is 0 Å². The molecule has 0 atom stereocenters. The van der Waals surface area contributed by atoms with Gasteiger partial charge in [-0.05, 0) is 115 Å². The first-order valence-electron chi connectivity index (χ1n) is 8.91. The minimum atomic E-state index is 0.512. The van der Waals surface area contributed by atoms with Crippen molar-refractivity contribution in [3.05, 3.63) is 32.7 Å². The number of hydrogen-bond donors (Lipinski definition) is 0. The van der Waals surface area contributed by atoms with Gasteiger partial charge in [0, 0.05) is 0 Å². The molecule has 0 bridgehead atoms. The quantitative estimate of drug-likeness (QED) is 0.186. The molecular formula is C20H29Br2NO3. The number of unbranched alkanes of at least 4 members (excludes halogenated alkanes) is 3. The van der Waals surface area contributed by atoms with Gasteiger partial charge in [-0.25, -0.2) is 0 Å². The Hall–Kier alpha value is -1.01. The largest absolute Gasteiger partial charge is 0.493 e. The van der Waals surface area contributed by atoms with E-state index in [1.54, 1.807) is 0 Å². The Bertz CT molecular complexity index is 584. The third kappa shape index (κ3) is 10.2. The van der Waals surface area contributed by atoms with Crippen LogP contribution in [0.25, 0.3) is 0 Å². The van der Waals surface area contributed by atoms with Crippen LogP contribution in [0.2, 0.25) is 0 Å². The Labute approximate surface area is 174 Å². The summed E-state index contributed by atoms with van der Waals surface area (Å²) in [5.41, 5.74) is 3.15. The van der Waals surface area contributed by atoms with Crippen molar-refractivity contribution in [2.75, 3.05) is 19.8 Å². The number of hydrogen-bond acceptors (Lipinski definition) is 4. The molecule has 1 aromatic carbocycles. The maximum absolute atomic E-state index is 5.99. The van der Waals surface area contributed by atoms with Gasteiger partial charge in [-0.15, -0.1) is 0 Å². The molecule has 1 rings (SSSR count). The zero-order valence-corrected chi connectivity index (χ0v) is 19.3. The van der Waals surface area contributed by atoms with Crippen LogP contribution in [0.4, 0.5) is 0 Å². The highest BCUT2D eigenvalue weighted by atomic mass is 79.9. The predicted octanol–water partition coefficient (Wildman–Crippen LogP) is 6.67. The number of oxime groups is 1. The van der Waals surface area contributed by atoms with Crippen molar-refractivity contribution in [3.8, 4) is 11.5 Å². The molecule has 0 aliphatic carbocycles. The fourth-order valence-corrected chi connectivity index (χ4v) is 2.66. The summed E-state index contributed by atoms with van der Waals surface area (Å²) in [4.78, 5) is 5.19. The van der Waals surface area contributed by atoms with Crippen molar-refractivity contribution in [1.82, 2.24) is 0 Å². The summed E-state index contributed by atoms with van der Waals surface area (Å²) < 4.78 is 12.6. The lowest BCUT2D eigenvalue weighted by molar-refractivity contribution is 0.139. The van der Waals surface area contributed by atoms with Gasteiger partial charge in [-0.3, -0.25) is 0 Å². The van der Waals surface area contributed by atoms with E-state index in [0.717, 1.165) is 64.0 Å². The van der Waals surface area contributed by atoms with Crippen LogP contribution in [0, 0.1) is 13.8 Å². The van der Waals surface area contributed by atoms with E-state index < -0.39 is 0 Å². The highest BCUT2D eigenvalue weighted by molar-refractivity contribution is 9.28. The summed E-state index contributed by atoms with van der Waals surface area (Å²) >= 11 is 6.64. The first-order valence-corrected chi connectivity index (χ1v) is 10.5. The normalized spacial score (nSPS) is 10.2. The second-order valence-electron chi connectivity index (χ2n) is 6.33. The number of aryl methyl sites for hydroxylation is 2. The Balaban J connectivity index is 2.30. The molecule has 26 heavy (non-hydrogen) atoms. The lowest BCUT2D eigenvalue weighted by atomic mass is 10.1. The van der Waals surface area contributed by atoms with Crippen LogP contribution in [0.1, 0.15) is 50.7 Å². The number of nitrogens with zero attached hydrogens (tertiary/aromatic N) is 1. The van der Waals surface area contributed by atoms with Crippen molar-refractivity contribution >= 4 is 37.6 Å². The van der Waals surface area contributed by atoms with E-state index >= 15 is 0 Å². The van der Waals surface area contributed by atoms with Gasteiger partial charge in [0.15, 0.2) is 0 Å². The standard InChI is InChI=1S/C20H29Br2NO3/c1-15(2)23-26-11-8-6-5-7-10-25-20-16(3)13-18(14-17(20)4)24-12-9-19(21)22/h9,13-14H,5-8,10-12H2,1-4H3. The zero-order chi connectivity index (χ0) is 19.4. The molecule has 146 valence electrons. The Morgan fingerprint density at radius 3 is 2.15 bits per heavy atom. The molecule has 4 nitrogen and oxygen atoms in total. The summed E-state index contributed by atoms with van der Waals surface area (Å²) in [5.74, 6) is 1.82. The fourth-order valence-electron chi connectivity index (χ4n) is 2.39. The fraction of sp³-hybridized carbons (Fsp3) is 0.550. The molecule has 0 aliphatic heterocycles. The lowest BCUT2D eigenvalue weighted by Gasteiger charge is -2.14. The van der Waals surface area contributed by atoms with E-state index in [0.29, 0.717) is 13.2 Å². The van der Waals surface area contributed by atoms with Crippen molar-refractivity contribution in [2.24, 2.45) is 5.16 Å². The third-order valence-electron chi connectivity index (χ3n) is 3.54. The maximum Gasteiger partial charge on any atom is 0.125 e. The molecule has 0 fully saturated rings. The van der Waals surface area contributed by atoms with Gasteiger partial charge in [0.1, 0.15) is 24.7 Å². The van der Waals surface area contributed by atoms with Crippen LogP contribution in [0.5, 0.6) is 11.5 Å². The average Bonchev–Trinajstić information content (AvgIpc) is 2.54. The van der Waals surface area contributed by atoms with Crippen molar-refractivity contribution in [2.45, 2.75) is 53.4 Å². The Morgan fingerprint density at radius 1 is 0.962 bits per heavy atom. The predicted molar refractivity (Wildman–Crippen MR) is 116 cm³/mol. The molecular weight excluding hydrogens is 462 g/mol. The van der Waals surface area contributed by atoms with E-state index in [1.165, 1.54) is 0 Å². The molecule has 0 radical (unpaired) electrons. The van der Waals surface area contributed by atoms with Crippen LogP contribution in [0.15, 0.2) is 26.8 Å². The van der Waals surface area contributed by atoms with Crippen molar-refractivity contribution in [3.63, 3.8) is 0 Å².